The predicted molar refractivity (Wildman–Crippen MR) is 76.3 cm³/mol. The van der Waals surface area contributed by atoms with Gasteiger partial charge in [-0.15, -0.1) is 0 Å². The summed E-state index contributed by atoms with van der Waals surface area (Å²) < 4.78 is 0. The second-order valence-corrected chi connectivity index (χ2v) is 5.34. The fourth-order valence-corrected chi connectivity index (χ4v) is 2.94. The molecule has 0 spiro atoms. The zero-order valence-electron chi connectivity index (χ0n) is 11.3. The zero-order valence-corrected chi connectivity index (χ0v) is 11.3. The molecule has 2 nitrogen and oxygen atoms in total. The third-order valence-corrected chi connectivity index (χ3v) is 4.16. The van der Waals surface area contributed by atoms with Crippen LogP contribution in [0.3, 0.4) is 0 Å². The second-order valence-electron chi connectivity index (χ2n) is 5.34. The molecule has 2 aromatic carbocycles. The fraction of sp³-hybridized carbons (Fsp3) is 0.294. The topological polar surface area (TPSA) is 40.5 Å². The van der Waals surface area contributed by atoms with Crippen LogP contribution in [0.15, 0.2) is 24.3 Å². The highest BCUT2D eigenvalue weighted by atomic mass is 16.3. The summed E-state index contributed by atoms with van der Waals surface area (Å²) in [5, 5.41) is 19.3. The van der Waals surface area contributed by atoms with Gasteiger partial charge in [0.15, 0.2) is 0 Å². The fourth-order valence-electron chi connectivity index (χ4n) is 2.94. The first-order valence-corrected chi connectivity index (χ1v) is 6.67. The summed E-state index contributed by atoms with van der Waals surface area (Å²) in [6, 6.07) is 8.07. The summed E-state index contributed by atoms with van der Waals surface area (Å²) in [6.45, 7) is 4.11. The normalized spacial score (nSPS) is 13.0. The van der Waals surface area contributed by atoms with Crippen molar-refractivity contribution in [3.63, 3.8) is 0 Å². The van der Waals surface area contributed by atoms with Gasteiger partial charge in [-0.25, -0.2) is 0 Å². The maximum Gasteiger partial charge on any atom is 0.119 e. The van der Waals surface area contributed by atoms with Gasteiger partial charge in [0, 0.05) is 0 Å². The summed E-state index contributed by atoms with van der Waals surface area (Å²) >= 11 is 0. The lowest BCUT2D eigenvalue weighted by Gasteiger charge is -2.26. The lowest BCUT2D eigenvalue weighted by Crippen LogP contribution is -2.11. The Morgan fingerprint density at radius 1 is 1.00 bits per heavy atom. The van der Waals surface area contributed by atoms with Gasteiger partial charge in [-0.05, 0) is 77.8 Å². The molecule has 1 aliphatic rings. The third kappa shape index (κ3) is 1.83. The number of aliphatic hydroxyl groups excluding tert-OH is 1. The van der Waals surface area contributed by atoms with E-state index in [0.29, 0.717) is 5.75 Å². The zero-order chi connectivity index (χ0) is 13.6. The number of hydrogen-bond acceptors (Lipinski definition) is 2. The molecule has 0 bridgehead atoms. The monoisotopic (exact) mass is 254 g/mol. The number of rotatable bonds is 2. The lowest BCUT2D eigenvalue weighted by molar-refractivity contribution is 0.281. The SMILES string of the molecule is Cc1ccc(-c2c(C)cc(O)c3c2CC3)cc1CO. The Bertz CT molecular complexity index is 657. The maximum atomic E-state index is 9.91. The molecule has 0 radical (unpaired) electrons. The average molecular weight is 254 g/mol. The van der Waals surface area contributed by atoms with Crippen LogP contribution in [0.2, 0.25) is 0 Å². The first kappa shape index (κ1) is 12.2. The van der Waals surface area contributed by atoms with Gasteiger partial charge in [0.25, 0.3) is 0 Å². The highest BCUT2D eigenvalue weighted by molar-refractivity contribution is 5.76. The molecular formula is C17H18O2. The van der Waals surface area contributed by atoms with Gasteiger partial charge >= 0.3 is 0 Å². The maximum absolute atomic E-state index is 9.91. The molecule has 0 aromatic heterocycles. The Morgan fingerprint density at radius 3 is 2.37 bits per heavy atom. The van der Waals surface area contributed by atoms with Gasteiger partial charge in [-0.2, -0.15) is 0 Å². The van der Waals surface area contributed by atoms with Crippen molar-refractivity contribution in [1.82, 2.24) is 0 Å². The van der Waals surface area contributed by atoms with Crippen LogP contribution in [0.5, 0.6) is 5.75 Å². The van der Waals surface area contributed by atoms with Crippen molar-refractivity contribution >= 4 is 0 Å². The van der Waals surface area contributed by atoms with E-state index in [0.717, 1.165) is 40.7 Å². The van der Waals surface area contributed by atoms with Crippen LogP contribution in [-0.4, -0.2) is 10.2 Å². The van der Waals surface area contributed by atoms with Crippen molar-refractivity contribution in [2.45, 2.75) is 33.3 Å². The van der Waals surface area contributed by atoms with E-state index in [2.05, 4.69) is 18.2 Å². The highest BCUT2D eigenvalue weighted by Crippen LogP contribution is 2.41. The number of hydrogen-bond donors (Lipinski definition) is 2. The molecule has 0 aliphatic heterocycles. The van der Waals surface area contributed by atoms with E-state index in [-0.39, 0.29) is 6.61 Å². The van der Waals surface area contributed by atoms with E-state index in [1.54, 1.807) is 0 Å². The molecule has 1 aliphatic carbocycles. The van der Waals surface area contributed by atoms with Crippen molar-refractivity contribution in [3.8, 4) is 16.9 Å². The molecule has 0 amide bonds. The van der Waals surface area contributed by atoms with Crippen LogP contribution in [0.4, 0.5) is 0 Å². The molecule has 98 valence electrons. The van der Waals surface area contributed by atoms with Crippen LogP contribution >= 0.6 is 0 Å². The summed E-state index contributed by atoms with van der Waals surface area (Å²) in [7, 11) is 0. The molecule has 0 unspecified atom stereocenters. The van der Waals surface area contributed by atoms with Crippen molar-refractivity contribution < 1.29 is 10.2 Å². The molecule has 0 saturated carbocycles. The molecule has 2 N–H and O–H groups in total. The molecule has 2 aromatic rings. The molecule has 0 heterocycles. The summed E-state index contributed by atoms with van der Waals surface area (Å²) in [6.07, 6.45) is 2.00. The number of aromatic hydroxyl groups is 1. The third-order valence-electron chi connectivity index (χ3n) is 4.16. The van der Waals surface area contributed by atoms with Crippen LogP contribution in [0.25, 0.3) is 11.1 Å². The van der Waals surface area contributed by atoms with Crippen LogP contribution in [0.1, 0.15) is 27.8 Å². The Kier molecular flexibility index (Phi) is 2.83. The minimum atomic E-state index is 0.0684. The lowest BCUT2D eigenvalue weighted by atomic mass is 9.79. The first-order chi connectivity index (χ1) is 9.11. The average Bonchev–Trinajstić information content (AvgIpc) is 2.33. The van der Waals surface area contributed by atoms with Crippen LogP contribution < -0.4 is 0 Å². The van der Waals surface area contributed by atoms with E-state index in [4.69, 9.17) is 0 Å². The molecule has 0 saturated heterocycles. The minimum Gasteiger partial charge on any atom is -0.508 e. The van der Waals surface area contributed by atoms with Crippen LogP contribution in [0, 0.1) is 13.8 Å². The quantitative estimate of drug-likeness (QED) is 0.863. The van der Waals surface area contributed by atoms with Crippen molar-refractivity contribution in [1.29, 1.82) is 0 Å². The van der Waals surface area contributed by atoms with E-state index in [1.807, 2.05) is 19.9 Å². The van der Waals surface area contributed by atoms with E-state index in [9.17, 15) is 10.2 Å². The van der Waals surface area contributed by atoms with Gasteiger partial charge in [-0.1, -0.05) is 12.1 Å². The Hall–Kier alpha value is -1.80. The summed E-state index contributed by atoms with van der Waals surface area (Å²) in [5.41, 5.74) is 7.91. The van der Waals surface area contributed by atoms with Crippen molar-refractivity contribution in [3.05, 3.63) is 52.1 Å². The smallest absolute Gasteiger partial charge is 0.119 e. The number of aryl methyl sites for hydroxylation is 2. The standard InChI is InChI=1S/C17H18O2/c1-10-3-4-12(8-13(10)9-18)17-11(2)7-16(19)14-5-6-15(14)17/h3-4,7-8,18-19H,5-6,9H2,1-2H3. The molecule has 0 fully saturated rings. The highest BCUT2D eigenvalue weighted by Gasteiger charge is 2.23. The van der Waals surface area contributed by atoms with Gasteiger partial charge in [0.2, 0.25) is 0 Å². The Labute approximate surface area is 113 Å². The van der Waals surface area contributed by atoms with Crippen molar-refractivity contribution in [2.75, 3.05) is 0 Å². The molecule has 2 heteroatoms. The van der Waals surface area contributed by atoms with Gasteiger partial charge in [0.1, 0.15) is 5.75 Å². The van der Waals surface area contributed by atoms with Gasteiger partial charge in [0.05, 0.1) is 6.61 Å². The summed E-state index contributed by atoms with van der Waals surface area (Å²) in [4.78, 5) is 0. The Balaban J connectivity index is 2.20. The number of aliphatic hydroxyl groups is 1. The number of phenols is 1. The van der Waals surface area contributed by atoms with E-state index in [1.165, 1.54) is 11.1 Å². The first-order valence-electron chi connectivity index (χ1n) is 6.67. The number of fused-ring (bicyclic) bond motifs is 1. The van der Waals surface area contributed by atoms with Crippen LogP contribution in [-0.2, 0) is 19.4 Å². The molecule has 3 rings (SSSR count). The molecule has 19 heavy (non-hydrogen) atoms. The van der Waals surface area contributed by atoms with Gasteiger partial charge < -0.3 is 10.2 Å². The number of benzene rings is 2. The van der Waals surface area contributed by atoms with E-state index >= 15 is 0 Å². The van der Waals surface area contributed by atoms with Crippen molar-refractivity contribution in [2.24, 2.45) is 0 Å². The second kappa shape index (κ2) is 4.39. The van der Waals surface area contributed by atoms with Gasteiger partial charge in [-0.3, -0.25) is 0 Å². The summed E-state index contributed by atoms with van der Waals surface area (Å²) in [5.74, 6) is 0.428. The van der Waals surface area contributed by atoms with E-state index < -0.39 is 0 Å². The Morgan fingerprint density at radius 2 is 1.74 bits per heavy atom. The molecular weight excluding hydrogens is 236 g/mol. The largest absolute Gasteiger partial charge is 0.508 e. The minimum absolute atomic E-state index is 0.0684. The predicted octanol–water partition coefficient (Wildman–Crippen LogP) is 3.27. The molecule has 0 atom stereocenters. The number of phenolic OH excluding ortho intramolecular Hbond substituents is 1.